The van der Waals surface area contributed by atoms with Crippen LogP contribution in [0, 0.1) is 26.6 Å². The van der Waals surface area contributed by atoms with E-state index in [-0.39, 0.29) is 11.3 Å². The topological polar surface area (TPSA) is 26.3 Å². The molecule has 0 aromatic heterocycles. The zero-order chi connectivity index (χ0) is 15.6. The standard InChI is InChI=1S/C18H19FO2/c1-11-7-12(2)17(13(3)8-11)10-21-18-6-5-15(19)9-16(18)14(4)20/h5-9H,10H2,1-4H3. The molecular formula is C18H19FO2. The zero-order valence-electron chi connectivity index (χ0n) is 12.8. The van der Waals surface area contributed by atoms with Gasteiger partial charge in [0, 0.05) is 0 Å². The molecule has 0 saturated carbocycles. The third-order valence-corrected chi connectivity index (χ3v) is 3.53. The van der Waals surface area contributed by atoms with Crippen LogP contribution in [0.15, 0.2) is 30.3 Å². The molecule has 3 heteroatoms. The first-order valence-electron chi connectivity index (χ1n) is 6.88. The minimum atomic E-state index is -0.435. The highest BCUT2D eigenvalue weighted by atomic mass is 19.1. The lowest BCUT2D eigenvalue weighted by Gasteiger charge is -2.14. The Balaban J connectivity index is 2.27. The molecule has 0 N–H and O–H groups in total. The molecule has 2 rings (SSSR count). The highest BCUT2D eigenvalue weighted by Crippen LogP contribution is 2.23. The second-order valence-electron chi connectivity index (χ2n) is 5.36. The molecule has 0 bridgehead atoms. The van der Waals surface area contributed by atoms with Crippen molar-refractivity contribution in [3.63, 3.8) is 0 Å². The van der Waals surface area contributed by atoms with Crippen molar-refractivity contribution in [2.75, 3.05) is 0 Å². The summed E-state index contributed by atoms with van der Waals surface area (Å²) in [6, 6.07) is 8.22. The maximum atomic E-state index is 13.2. The minimum Gasteiger partial charge on any atom is -0.488 e. The molecule has 0 aliphatic heterocycles. The van der Waals surface area contributed by atoms with Crippen molar-refractivity contribution in [2.24, 2.45) is 0 Å². The van der Waals surface area contributed by atoms with Crippen LogP contribution in [0.1, 0.15) is 39.5 Å². The predicted octanol–water partition coefficient (Wildman–Crippen LogP) is 4.53. The molecule has 0 fully saturated rings. The van der Waals surface area contributed by atoms with Gasteiger partial charge in [-0.05, 0) is 62.6 Å². The normalized spacial score (nSPS) is 10.5. The minimum absolute atomic E-state index is 0.207. The molecule has 21 heavy (non-hydrogen) atoms. The summed E-state index contributed by atoms with van der Waals surface area (Å²) < 4.78 is 19.0. The van der Waals surface area contributed by atoms with Gasteiger partial charge in [-0.2, -0.15) is 0 Å². The van der Waals surface area contributed by atoms with E-state index in [1.165, 1.54) is 30.7 Å². The summed E-state index contributed by atoms with van der Waals surface area (Å²) >= 11 is 0. The van der Waals surface area contributed by atoms with Crippen LogP contribution in [0.4, 0.5) is 4.39 Å². The van der Waals surface area contributed by atoms with Crippen molar-refractivity contribution in [2.45, 2.75) is 34.3 Å². The van der Waals surface area contributed by atoms with Crippen LogP contribution < -0.4 is 4.74 Å². The largest absolute Gasteiger partial charge is 0.488 e. The number of hydrogen-bond acceptors (Lipinski definition) is 2. The molecule has 0 amide bonds. The van der Waals surface area contributed by atoms with Crippen molar-refractivity contribution < 1.29 is 13.9 Å². The fraction of sp³-hybridized carbons (Fsp3) is 0.278. The van der Waals surface area contributed by atoms with Crippen molar-refractivity contribution in [1.29, 1.82) is 0 Å². The van der Waals surface area contributed by atoms with E-state index >= 15 is 0 Å². The first kappa shape index (κ1) is 15.2. The third kappa shape index (κ3) is 3.48. The Morgan fingerprint density at radius 3 is 2.29 bits per heavy atom. The fourth-order valence-electron chi connectivity index (χ4n) is 2.49. The summed E-state index contributed by atoms with van der Waals surface area (Å²) in [6.45, 7) is 7.90. The first-order chi connectivity index (χ1) is 9.88. The van der Waals surface area contributed by atoms with Gasteiger partial charge in [0.1, 0.15) is 18.2 Å². The summed E-state index contributed by atoms with van der Waals surface area (Å²) in [6.07, 6.45) is 0. The van der Waals surface area contributed by atoms with Gasteiger partial charge in [0.25, 0.3) is 0 Å². The van der Waals surface area contributed by atoms with E-state index in [4.69, 9.17) is 4.74 Å². The maximum absolute atomic E-state index is 13.2. The second kappa shape index (κ2) is 6.08. The molecule has 0 aliphatic carbocycles. The molecular weight excluding hydrogens is 267 g/mol. The molecule has 110 valence electrons. The Kier molecular flexibility index (Phi) is 4.41. The van der Waals surface area contributed by atoms with Crippen molar-refractivity contribution >= 4 is 5.78 Å². The number of halogens is 1. The Bertz CT molecular complexity index is 667. The molecule has 0 spiro atoms. The fourth-order valence-corrected chi connectivity index (χ4v) is 2.49. The molecule has 0 heterocycles. The van der Waals surface area contributed by atoms with Gasteiger partial charge in [0.05, 0.1) is 5.56 Å². The molecule has 0 saturated heterocycles. The van der Waals surface area contributed by atoms with E-state index in [9.17, 15) is 9.18 Å². The number of carbonyl (C=O) groups is 1. The first-order valence-corrected chi connectivity index (χ1v) is 6.88. The van der Waals surface area contributed by atoms with Crippen molar-refractivity contribution in [3.05, 3.63) is 64.0 Å². The van der Waals surface area contributed by atoms with Crippen LogP contribution in [0.3, 0.4) is 0 Å². The molecule has 0 atom stereocenters. The molecule has 0 aliphatic rings. The van der Waals surface area contributed by atoms with Crippen LogP contribution >= 0.6 is 0 Å². The van der Waals surface area contributed by atoms with Gasteiger partial charge < -0.3 is 4.74 Å². The summed E-state index contributed by atoms with van der Waals surface area (Å²) in [7, 11) is 0. The third-order valence-electron chi connectivity index (χ3n) is 3.53. The molecule has 2 nitrogen and oxygen atoms in total. The Labute approximate surface area is 124 Å². The number of Topliss-reactive ketones (excluding diaryl/α,β-unsaturated/α-hetero) is 1. The van der Waals surface area contributed by atoms with Crippen LogP contribution in [0.2, 0.25) is 0 Å². The number of aryl methyl sites for hydroxylation is 3. The maximum Gasteiger partial charge on any atom is 0.163 e. The zero-order valence-corrected chi connectivity index (χ0v) is 12.8. The molecule has 0 radical (unpaired) electrons. The number of benzene rings is 2. The number of ether oxygens (including phenoxy) is 1. The van der Waals surface area contributed by atoms with Crippen LogP contribution in [-0.4, -0.2) is 5.78 Å². The van der Waals surface area contributed by atoms with Gasteiger partial charge >= 0.3 is 0 Å². The molecule has 0 unspecified atom stereocenters. The van der Waals surface area contributed by atoms with Gasteiger partial charge in [-0.1, -0.05) is 17.7 Å². The number of hydrogen-bond donors (Lipinski definition) is 0. The predicted molar refractivity (Wildman–Crippen MR) is 81.4 cm³/mol. The SMILES string of the molecule is CC(=O)c1cc(F)ccc1OCc1c(C)cc(C)cc1C. The van der Waals surface area contributed by atoms with Gasteiger partial charge in [0.2, 0.25) is 0 Å². The van der Waals surface area contributed by atoms with Crippen LogP contribution in [-0.2, 0) is 6.61 Å². The monoisotopic (exact) mass is 286 g/mol. The molecule has 2 aromatic rings. The quantitative estimate of drug-likeness (QED) is 0.772. The van der Waals surface area contributed by atoms with E-state index in [0.29, 0.717) is 12.4 Å². The molecule has 2 aromatic carbocycles. The van der Waals surface area contributed by atoms with Crippen molar-refractivity contribution in [1.82, 2.24) is 0 Å². The Hall–Kier alpha value is -2.16. The lowest BCUT2D eigenvalue weighted by Crippen LogP contribution is -2.05. The lowest BCUT2D eigenvalue weighted by molar-refractivity contribution is 0.101. The summed E-state index contributed by atoms with van der Waals surface area (Å²) in [5.41, 5.74) is 4.88. The Morgan fingerprint density at radius 2 is 1.71 bits per heavy atom. The van der Waals surface area contributed by atoms with E-state index in [2.05, 4.69) is 19.1 Å². The van der Waals surface area contributed by atoms with Gasteiger partial charge in [0.15, 0.2) is 5.78 Å². The average molecular weight is 286 g/mol. The Morgan fingerprint density at radius 1 is 1.10 bits per heavy atom. The van der Waals surface area contributed by atoms with E-state index in [0.717, 1.165) is 16.7 Å². The van der Waals surface area contributed by atoms with Gasteiger partial charge in [-0.25, -0.2) is 4.39 Å². The van der Waals surface area contributed by atoms with Crippen LogP contribution in [0.5, 0.6) is 5.75 Å². The summed E-state index contributed by atoms with van der Waals surface area (Å²) in [5, 5.41) is 0. The van der Waals surface area contributed by atoms with Crippen LogP contribution in [0.25, 0.3) is 0 Å². The number of ketones is 1. The second-order valence-corrected chi connectivity index (χ2v) is 5.36. The highest BCUT2D eigenvalue weighted by Gasteiger charge is 2.11. The average Bonchev–Trinajstić information content (AvgIpc) is 2.38. The van der Waals surface area contributed by atoms with Gasteiger partial charge in [-0.3, -0.25) is 4.79 Å². The summed E-state index contributed by atoms with van der Waals surface area (Å²) in [4.78, 5) is 11.6. The smallest absolute Gasteiger partial charge is 0.163 e. The van der Waals surface area contributed by atoms with E-state index in [1.54, 1.807) is 0 Å². The summed E-state index contributed by atoms with van der Waals surface area (Å²) in [5.74, 6) is -0.222. The lowest BCUT2D eigenvalue weighted by atomic mass is 10.0. The number of rotatable bonds is 4. The van der Waals surface area contributed by atoms with Gasteiger partial charge in [-0.15, -0.1) is 0 Å². The highest BCUT2D eigenvalue weighted by molar-refractivity contribution is 5.96. The van der Waals surface area contributed by atoms with E-state index < -0.39 is 5.82 Å². The van der Waals surface area contributed by atoms with E-state index in [1.807, 2.05) is 13.8 Å². The van der Waals surface area contributed by atoms with Crippen molar-refractivity contribution in [3.8, 4) is 5.75 Å². The number of carbonyl (C=O) groups excluding carboxylic acids is 1.